The van der Waals surface area contributed by atoms with Crippen molar-refractivity contribution >= 4 is 5.97 Å². The first-order chi connectivity index (χ1) is 6.00. The van der Waals surface area contributed by atoms with E-state index in [-0.39, 0.29) is 12.3 Å². The summed E-state index contributed by atoms with van der Waals surface area (Å²) in [5.41, 5.74) is 1.93. The molecule has 0 saturated carbocycles. The van der Waals surface area contributed by atoms with Gasteiger partial charge in [-0.05, 0) is 12.5 Å². The number of carbonyl (C=O) groups is 1. The number of nitrogens with zero attached hydrogens (tertiary/aromatic N) is 2. The van der Waals surface area contributed by atoms with Crippen molar-refractivity contribution in [2.24, 2.45) is 7.05 Å². The van der Waals surface area contributed by atoms with Crippen LogP contribution in [0.3, 0.4) is 0 Å². The van der Waals surface area contributed by atoms with Crippen molar-refractivity contribution in [2.75, 3.05) is 0 Å². The number of aliphatic carboxylic acids is 1. The van der Waals surface area contributed by atoms with E-state index in [0.717, 1.165) is 11.3 Å². The summed E-state index contributed by atoms with van der Waals surface area (Å²) in [4.78, 5) is 10.5. The Kier molecular flexibility index (Phi) is 2.70. The molecule has 0 saturated heterocycles. The third-order valence-corrected chi connectivity index (χ3v) is 2.00. The van der Waals surface area contributed by atoms with Crippen LogP contribution in [0.2, 0.25) is 0 Å². The van der Waals surface area contributed by atoms with Gasteiger partial charge in [-0.2, -0.15) is 5.10 Å². The molecule has 0 fully saturated rings. The van der Waals surface area contributed by atoms with Crippen LogP contribution < -0.4 is 0 Å². The maximum Gasteiger partial charge on any atom is 0.304 e. The Morgan fingerprint density at radius 2 is 2.38 bits per heavy atom. The normalized spacial score (nSPS) is 12.8. The summed E-state index contributed by atoms with van der Waals surface area (Å²) in [6.45, 7) is 3.82. The van der Waals surface area contributed by atoms with Gasteiger partial charge in [-0.15, -0.1) is 0 Å². The second kappa shape index (κ2) is 3.60. The summed E-state index contributed by atoms with van der Waals surface area (Å²) in [6.07, 6.45) is 2.03. The van der Waals surface area contributed by atoms with Crippen molar-refractivity contribution < 1.29 is 9.90 Å². The van der Waals surface area contributed by atoms with Gasteiger partial charge in [0.05, 0.1) is 12.1 Å². The maximum absolute atomic E-state index is 10.5. The van der Waals surface area contributed by atoms with Crippen LogP contribution in [0.15, 0.2) is 6.20 Å². The second-order valence-electron chi connectivity index (χ2n) is 3.37. The van der Waals surface area contributed by atoms with E-state index in [1.807, 2.05) is 27.1 Å². The summed E-state index contributed by atoms with van der Waals surface area (Å²) in [5, 5.41) is 12.8. The van der Waals surface area contributed by atoms with Crippen LogP contribution in [-0.4, -0.2) is 20.9 Å². The lowest BCUT2D eigenvalue weighted by molar-refractivity contribution is -0.137. The van der Waals surface area contributed by atoms with Crippen LogP contribution >= 0.6 is 0 Å². The fourth-order valence-corrected chi connectivity index (χ4v) is 1.47. The van der Waals surface area contributed by atoms with E-state index in [2.05, 4.69) is 5.10 Å². The predicted octanol–water partition coefficient (Wildman–Crippen LogP) is 1.31. The Morgan fingerprint density at radius 3 is 2.77 bits per heavy atom. The van der Waals surface area contributed by atoms with Crippen molar-refractivity contribution in [3.8, 4) is 0 Å². The van der Waals surface area contributed by atoms with Crippen molar-refractivity contribution in [2.45, 2.75) is 26.2 Å². The van der Waals surface area contributed by atoms with Crippen LogP contribution in [-0.2, 0) is 11.8 Å². The van der Waals surface area contributed by atoms with Crippen molar-refractivity contribution in [1.82, 2.24) is 9.78 Å². The first-order valence-electron chi connectivity index (χ1n) is 4.22. The number of aryl methyl sites for hydroxylation is 2. The van der Waals surface area contributed by atoms with Crippen LogP contribution in [0.1, 0.15) is 30.5 Å². The van der Waals surface area contributed by atoms with Gasteiger partial charge in [0.1, 0.15) is 0 Å². The number of carboxylic acid groups (broad SMARTS) is 1. The van der Waals surface area contributed by atoms with Gasteiger partial charge in [0.25, 0.3) is 0 Å². The zero-order chi connectivity index (χ0) is 10.0. The van der Waals surface area contributed by atoms with Gasteiger partial charge in [0, 0.05) is 19.2 Å². The van der Waals surface area contributed by atoms with E-state index in [9.17, 15) is 4.79 Å². The van der Waals surface area contributed by atoms with Crippen molar-refractivity contribution in [3.63, 3.8) is 0 Å². The van der Waals surface area contributed by atoms with Gasteiger partial charge in [0.2, 0.25) is 0 Å². The summed E-state index contributed by atoms with van der Waals surface area (Å²) >= 11 is 0. The summed E-state index contributed by atoms with van der Waals surface area (Å²) in [5.74, 6) is -0.795. The minimum Gasteiger partial charge on any atom is -0.481 e. The smallest absolute Gasteiger partial charge is 0.304 e. The highest BCUT2D eigenvalue weighted by Gasteiger charge is 2.15. The number of carboxylic acids is 1. The highest BCUT2D eigenvalue weighted by Crippen LogP contribution is 2.20. The molecule has 4 nitrogen and oxygen atoms in total. The average molecular weight is 182 g/mol. The van der Waals surface area contributed by atoms with Crippen LogP contribution in [0, 0.1) is 6.92 Å². The Morgan fingerprint density at radius 1 is 1.77 bits per heavy atom. The molecule has 0 aliphatic heterocycles. The lowest BCUT2D eigenvalue weighted by Crippen LogP contribution is -2.05. The number of hydrogen-bond donors (Lipinski definition) is 1. The molecule has 0 amide bonds. The van der Waals surface area contributed by atoms with Gasteiger partial charge in [0.15, 0.2) is 0 Å². The topological polar surface area (TPSA) is 55.1 Å². The molecule has 1 N–H and O–H groups in total. The molecule has 1 aromatic rings. The zero-order valence-corrected chi connectivity index (χ0v) is 8.11. The average Bonchev–Trinajstić information content (AvgIpc) is 2.28. The third-order valence-electron chi connectivity index (χ3n) is 2.00. The Bertz CT molecular complexity index is 317. The summed E-state index contributed by atoms with van der Waals surface area (Å²) in [7, 11) is 1.84. The molecule has 0 bridgehead atoms. The van der Waals surface area contributed by atoms with Gasteiger partial charge in [-0.1, -0.05) is 6.92 Å². The fraction of sp³-hybridized carbons (Fsp3) is 0.556. The molecular formula is C9H14N2O2. The predicted molar refractivity (Wildman–Crippen MR) is 48.6 cm³/mol. The molecular weight excluding hydrogens is 168 g/mol. The van der Waals surface area contributed by atoms with E-state index < -0.39 is 5.97 Å². The van der Waals surface area contributed by atoms with E-state index >= 15 is 0 Å². The molecule has 4 heteroatoms. The minimum atomic E-state index is -0.780. The molecule has 13 heavy (non-hydrogen) atoms. The Labute approximate surface area is 77.2 Å². The second-order valence-corrected chi connectivity index (χ2v) is 3.37. The molecule has 0 spiro atoms. The summed E-state index contributed by atoms with van der Waals surface area (Å²) in [6, 6.07) is 0. The molecule has 0 aliphatic rings. The lowest BCUT2D eigenvalue weighted by atomic mass is 10.0. The molecule has 1 heterocycles. The van der Waals surface area contributed by atoms with E-state index in [0.29, 0.717) is 0 Å². The molecule has 0 aromatic carbocycles. The van der Waals surface area contributed by atoms with Gasteiger partial charge in [-0.3, -0.25) is 9.48 Å². The Hall–Kier alpha value is -1.32. The molecule has 1 aromatic heterocycles. The van der Waals surface area contributed by atoms with Gasteiger partial charge < -0.3 is 5.11 Å². The third kappa shape index (κ3) is 2.31. The molecule has 0 radical (unpaired) electrons. The number of aromatic nitrogens is 2. The summed E-state index contributed by atoms with van der Waals surface area (Å²) < 4.78 is 1.71. The molecule has 1 atom stereocenters. The first-order valence-corrected chi connectivity index (χ1v) is 4.22. The van der Waals surface area contributed by atoms with Gasteiger partial charge >= 0.3 is 5.97 Å². The Balaban J connectivity index is 2.81. The molecule has 1 unspecified atom stereocenters. The quantitative estimate of drug-likeness (QED) is 0.766. The van der Waals surface area contributed by atoms with E-state index in [4.69, 9.17) is 5.11 Å². The van der Waals surface area contributed by atoms with E-state index in [1.165, 1.54) is 0 Å². The fourth-order valence-electron chi connectivity index (χ4n) is 1.47. The molecule has 72 valence electrons. The zero-order valence-electron chi connectivity index (χ0n) is 8.11. The largest absolute Gasteiger partial charge is 0.481 e. The lowest BCUT2D eigenvalue weighted by Gasteiger charge is -2.05. The van der Waals surface area contributed by atoms with Crippen molar-refractivity contribution in [1.29, 1.82) is 0 Å². The number of hydrogen-bond acceptors (Lipinski definition) is 2. The highest BCUT2D eigenvalue weighted by atomic mass is 16.4. The SMILES string of the molecule is Cc1cn(C)nc1C(C)CC(=O)O. The number of rotatable bonds is 3. The van der Waals surface area contributed by atoms with Crippen LogP contribution in [0.4, 0.5) is 0 Å². The standard InChI is InChI=1S/C9H14N2O2/c1-6(4-8(12)13)9-7(2)5-11(3)10-9/h5-6H,4H2,1-3H3,(H,12,13). The van der Waals surface area contributed by atoms with Crippen LogP contribution in [0.25, 0.3) is 0 Å². The molecule has 0 aliphatic carbocycles. The van der Waals surface area contributed by atoms with E-state index in [1.54, 1.807) is 4.68 Å². The van der Waals surface area contributed by atoms with Gasteiger partial charge in [-0.25, -0.2) is 0 Å². The maximum atomic E-state index is 10.5. The van der Waals surface area contributed by atoms with Crippen molar-refractivity contribution in [3.05, 3.63) is 17.5 Å². The molecule has 1 rings (SSSR count). The highest BCUT2D eigenvalue weighted by molar-refractivity contribution is 5.67. The first kappa shape index (κ1) is 9.77. The monoisotopic (exact) mass is 182 g/mol. The minimum absolute atomic E-state index is 0.0151. The van der Waals surface area contributed by atoms with Crippen LogP contribution in [0.5, 0.6) is 0 Å².